The predicted molar refractivity (Wildman–Crippen MR) is 122 cm³/mol. The van der Waals surface area contributed by atoms with E-state index in [2.05, 4.69) is 55.4 Å². The lowest BCUT2D eigenvalue weighted by atomic mass is 10.1. The van der Waals surface area contributed by atoms with E-state index in [9.17, 15) is 13.5 Å². The first kappa shape index (κ1) is 26.4. The first-order chi connectivity index (χ1) is 13.7. The zero-order valence-electron chi connectivity index (χ0n) is 20.0. The summed E-state index contributed by atoms with van der Waals surface area (Å²) in [5.41, 5.74) is 0.799. The summed E-state index contributed by atoms with van der Waals surface area (Å²) in [5.74, 6) is -0.344. The van der Waals surface area contributed by atoms with Gasteiger partial charge in [0.1, 0.15) is 6.10 Å². The van der Waals surface area contributed by atoms with Crippen LogP contribution in [0.25, 0.3) is 0 Å². The van der Waals surface area contributed by atoms with Crippen LogP contribution in [0.5, 0.6) is 0 Å². The average Bonchev–Trinajstić information content (AvgIpc) is 2.88. The Bertz CT molecular complexity index is 665. The summed E-state index contributed by atoms with van der Waals surface area (Å²) in [6, 6.07) is 0. The predicted octanol–water partition coefficient (Wildman–Crippen LogP) is 3.92. The van der Waals surface area contributed by atoms with Gasteiger partial charge in [0.2, 0.25) is 0 Å². The van der Waals surface area contributed by atoms with Crippen LogP contribution in [-0.4, -0.2) is 62.3 Å². The summed E-state index contributed by atoms with van der Waals surface area (Å²) < 4.78 is 50.2. The Morgan fingerprint density at radius 3 is 1.87 bits per heavy atom. The minimum absolute atomic E-state index is 0.0356. The number of rotatable bonds is 7. The molecule has 0 bridgehead atoms. The van der Waals surface area contributed by atoms with Gasteiger partial charge >= 0.3 is 17.1 Å². The topological polar surface area (TPSA) is 91.3 Å². The molecule has 0 aromatic rings. The molecule has 7 nitrogen and oxygen atoms in total. The highest BCUT2D eigenvalue weighted by atomic mass is 32.2. The summed E-state index contributed by atoms with van der Waals surface area (Å²) in [4.78, 5) is 0. The van der Waals surface area contributed by atoms with E-state index in [-0.39, 0.29) is 40.6 Å². The standard InChI is InChI=1S/C20H42O7SSi2/c1-13(2)29(14(3)4)24-12-18-10-17(11-21)19(25-28(9,22)23)20(18)26-30(27-29,15(5)6)16(7)8/h13-21H,10-12H2,1-9H3/t17-,18+,19-,20+/m0/s1. The van der Waals surface area contributed by atoms with Gasteiger partial charge in [-0.25, -0.2) is 0 Å². The maximum Gasteiger partial charge on any atom is 0.335 e. The molecule has 2 fully saturated rings. The Balaban J connectivity index is 2.59. The van der Waals surface area contributed by atoms with Gasteiger partial charge in [-0.2, -0.15) is 8.42 Å². The van der Waals surface area contributed by atoms with Crippen molar-refractivity contribution in [1.82, 2.24) is 0 Å². The van der Waals surface area contributed by atoms with E-state index in [1.165, 1.54) is 0 Å². The van der Waals surface area contributed by atoms with Crippen molar-refractivity contribution in [2.75, 3.05) is 19.5 Å². The van der Waals surface area contributed by atoms with Crippen LogP contribution in [0.2, 0.25) is 22.2 Å². The van der Waals surface area contributed by atoms with Gasteiger partial charge < -0.3 is 18.1 Å². The number of aliphatic hydroxyl groups excluding tert-OH is 1. The minimum Gasteiger partial charge on any atom is -0.414 e. The normalized spacial score (nSPS) is 31.9. The molecule has 30 heavy (non-hydrogen) atoms. The van der Waals surface area contributed by atoms with E-state index in [0.717, 1.165) is 6.26 Å². The second-order valence-electron chi connectivity index (χ2n) is 10.3. The van der Waals surface area contributed by atoms with Gasteiger partial charge in [-0.3, -0.25) is 4.18 Å². The van der Waals surface area contributed by atoms with E-state index in [1.54, 1.807) is 0 Å². The maximum absolute atomic E-state index is 12.0. The van der Waals surface area contributed by atoms with E-state index < -0.39 is 39.4 Å². The van der Waals surface area contributed by atoms with Crippen molar-refractivity contribution in [2.24, 2.45) is 11.8 Å². The first-order valence-corrected chi connectivity index (χ1v) is 17.0. The molecule has 2 aliphatic rings. The van der Waals surface area contributed by atoms with E-state index in [0.29, 0.717) is 13.0 Å². The van der Waals surface area contributed by atoms with Gasteiger partial charge in [0.05, 0.1) is 12.4 Å². The number of hydrogen-bond donors (Lipinski definition) is 1. The Kier molecular flexibility index (Phi) is 8.44. The molecule has 1 heterocycles. The van der Waals surface area contributed by atoms with Gasteiger partial charge in [0.25, 0.3) is 10.1 Å². The highest BCUT2D eigenvalue weighted by molar-refractivity contribution is 7.86. The molecule has 1 saturated heterocycles. The molecule has 1 N–H and O–H groups in total. The number of aliphatic hydroxyl groups is 1. The van der Waals surface area contributed by atoms with Crippen molar-refractivity contribution < 1.29 is 30.7 Å². The monoisotopic (exact) mass is 482 g/mol. The Morgan fingerprint density at radius 1 is 0.967 bits per heavy atom. The molecule has 1 saturated carbocycles. The highest BCUT2D eigenvalue weighted by Crippen LogP contribution is 2.49. The Hall–Kier alpha value is 0.184. The fraction of sp³-hybridized carbons (Fsp3) is 1.00. The molecule has 0 aromatic carbocycles. The molecule has 178 valence electrons. The number of fused-ring (bicyclic) bond motifs is 1. The van der Waals surface area contributed by atoms with Crippen molar-refractivity contribution in [3.05, 3.63) is 0 Å². The summed E-state index contributed by atoms with van der Waals surface area (Å²) in [6.07, 6.45) is 0.469. The molecule has 0 spiro atoms. The van der Waals surface area contributed by atoms with Crippen LogP contribution in [-0.2, 0) is 27.3 Å². The van der Waals surface area contributed by atoms with E-state index in [1.807, 2.05) is 0 Å². The van der Waals surface area contributed by atoms with Gasteiger partial charge in [-0.1, -0.05) is 55.4 Å². The third kappa shape index (κ3) is 5.06. The number of hydrogen-bond acceptors (Lipinski definition) is 7. The lowest BCUT2D eigenvalue weighted by Crippen LogP contribution is -2.65. The molecule has 4 atom stereocenters. The van der Waals surface area contributed by atoms with Crippen LogP contribution in [0, 0.1) is 11.8 Å². The van der Waals surface area contributed by atoms with Crippen molar-refractivity contribution in [1.29, 1.82) is 0 Å². The third-order valence-electron chi connectivity index (χ3n) is 6.76. The lowest BCUT2D eigenvalue weighted by Gasteiger charge is -2.52. The van der Waals surface area contributed by atoms with Gasteiger partial charge in [-0.15, -0.1) is 0 Å². The van der Waals surface area contributed by atoms with Crippen molar-refractivity contribution >= 4 is 27.2 Å². The Morgan fingerprint density at radius 2 is 1.47 bits per heavy atom. The van der Waals surface area contributed by atoms with E-state index in [4.69, 9.17) is 17.2 Å². The minimum atomic E-state index is -3.70. The van der Waals surface area contributed by atoms with Gasteiger partial charge in [-0.05, 0) is 28.6 Å². The quantitative estimate of drug-likeness (QED) is 0.434. The molecule has 0 amide bonds. The van der Waals surface area contributed by atoms with E-state index >= 15 is 0 Å². The van der Waals surface area contributed by atoms with Crippen LogP contribution in [0.15, 0.2) is 0 Å². The highest BCUT2D eigenvalue weighted by Gasteiger charge is 2.61. The molecule has 1 aliphatic carbocycles. The van der Waals surface area contributed by atoms with Crippen LogP contribution < -0.4 is 0 Å². The molecule has 0 radical (unpaired) electrons. The second kappa shape index (κ2) is 9.58. The summed E-state index contributed by atoms with van der Waals surface area (Å²) in [6.45, 7) is 17.5. The Labute approximate surface area is 185 Å². The van der Waals surface area contributed by atoms with Gasteiger partial charge in [0, 0.05) is 25.0 Å². The summed E-state index contributed by atoms with van der Waals surface area (Å²) in [7, 11) is -9.17. The molecular formula is C20H42O7SSi2. The molecule has 0 unspecified atom stereocenters. The van der Waals surface area contributed by atoms with Crippen LogP contribution in [0.1, 0.15) is 61.8 Å². The van der Waals surface area contributed by atoms with Crippen molar-refractivity contribution in [2.45, 2.75) is 96.2 Å². The molecular weight excluding hydrogens is 440 g/mol. The van der Waals surface area contributed by atoms with Crippen molar-refractivity contribution in [3.63, 3.8) is 0 Å². The second-order valence-corrected chi connectivity index (χ2v) is 20.7. The molecule has 10 heteroatoms. The average molecular weight is 483 g/mol. The van der Waals surface area contributed by atoms with Crippen LogP contribution >= 0.6 is 0 Å². The SMILES string of the molecule is CC(C)[Si]1(C(C)C)OC[C@H]2C[C@@H](CO)[C@H](OS(C)(=O)=O)[C@@H]2O[Si](C(C)C)(C(C)C)O1. The van der Waals surface area contributed by atoms with Gasteiger partial charge in [0.15, 0.2) is 0 Å². The zero-order valence-corrected chi connectivity index (χ0v) is 22.9. The van der Waals surface area contributed by atoms with Crippen LogP contribution in [0.4, 0.5) is 0 Å². The zero-order chi connectivity index (χ0) is 23.1. The first-order valence-electron chi connectivity index (χ1n) is 11.2. The molecule has 0 aromatic heterocycles. The molecule has 2 rings (SSSR count). The lowest BCUT2D eigenvalue weighted by molar-refractivity contribution is -0.0169. The smallest absolute Gasteiger partial charge is 0.335 e. The summed E-state index contributed by atoms with van der Waals surface area (Å²) >= 11 is 0. The third-order valence-corrected chi connectivity index (χ3v) is 17.6. The fourth-order valence-electron chi connectivity index (χ4n) is 5.20. The maximum atomic E-state index is 12.0. The largest absolute Gasteiger partial charge is 0.414 e. The van der Waals surface area contributed by atoms with Crippen molar-refractivity contribution in [3.8, 4) is 0 Å². The summed E-state index contributed by atoms with van der Waals surface area (Å²) in [5, 5.41) is 9.97. The molecule has 1 aliphatic heterocycles. The fourth-order valence-corrected chi connectivity index (χ4v) is 17.2. The van der Waals surface area contributed by atoms with Crippen LogP contribution in [0.3, 0.4) is 0 Å².